The number of hydrogen-bond acceptors (Lipinski definition) is 4. The van der Waals surface area contributed by atoms with Gasteiger partial charge in [0.2, 0.25) is 5.91 Å². The van der Waals surface area contributed by atoms with Gasteiger partial charge in [0.15, 0.2) is 0 Å². The number of hydrogen-bond donors (Lipinski definition) is 2. The Morgan fingerprint density at radius 2 is 2.33 bits per heavy atom. The minimum atomic E-state index is -0.456. The van der Waals surface area contributed by atoms with Gasteiger partial charge in [-0.1, -0.05) is 6.07 Å². The first-order valence-corrected chi connectivity index (χ1v) is 5.64. The Morgan fingerprint density at radius 1 is 1.56 bits per heavy atom. The molecule has 6 nitrogen and oxygen atoms in total. The van der Waals surface area contributed by atoms with Crippen LogP contribution in [0.1, 0.15) is 5.56 Å². The molecule has 2 rings (SSSR count). The molecule has 1 saturated heterocycles. The summed E-state index contributed by atoms with van der Waals surface area (Å²) in [4.78, 5) is 24.3. The Labute approximate surface area is 105 Å². The molecule has 0 atom stereocenters. The first-order chi connectivity index (χ1) is 8.56. The summed E-state index contributed by atoms with van der Waals surface area (Å²) >= 11 is 0. The number of nitrogens with two attached hydrogens (primary N) is 1. The monoisotopic (exact) mass is 249 g/mol. The Balaban J connectivity index is 1.96. The van der Waals surface area contributed by atoms with E-state index in [1.165, 1.54) is 4.90 Å². The molecular weight excluding hydrogens is 234 g/mol. The molecule has 1 aliphatic rings. The lowest BCUT2D eigenvalue weighted by Crippen LogP contribution is -2.33. The van der Waals surface area contributed by atoms with Crippen LogP contribution < -0.4 is 11.1 Å². The van der Waals surface area contributed by atoms with Gasteiger partial charge in [-0.15, -0.1) is 0 Å². The van der Waals surface area contributed by atoms with Gasteiger partial charge in [-0.2, -0.15) is 0 Å². The fourth-order valence-electron chi connectivity index (χ4n) is 1.73. The zero-order valence-corrected chi connectivity index (χ0v) is 10.1. The first kappa shape index (κ1) is 12.2. The van der Waals surface area contributed by atoms with E-state index in [1.54, 1.807) is 12.1 Å². The number of amides is 2. The van der Waals surface area contributed by atoms with Crippen LogP contribution in [0.3, 0.4) is 0 Å². The van der Waals surface area contributed by atoms with E-state index in [9.17, 15) is 9.59 Å². The number of benzene rings is 1. The van der Waals surface area contributed by atoms with E-state index in [2.05, 4.69) is 5.32 Å². The number of rotatable bonds is 3. The molecule has 6 heteroatoms. The number of ether oxygens (including phenoxy) is 1. The molecule has 0 aliphatic carbocycles. The second kappa shape index (κ2) is 4.95. The molecule has 18 heavy (non-hydrogen) atoms. The third kappa shape index (κ3) is 2.71. The predicted molar refractivity (Wildman–Crippen MR) is 67.1 cm³/mol. The second-order valence-corrected chi connectivity index (χ2v) is 4.17. The van der Waals surface area contributed by atoms with Crippen molar-refractivity contribution in [2.45, 2.75) is 6.92 Å². The van der Waals surface area contributed by atoms with Crippen molar-refractivity contribution in [1.82, 2.24) is 4.90 Å². The van der Waals surface area contributed by atoms with E-state index in [-0.39, 0.29) is 12.5 Å². The number of anilines is 2. The van der Waals surface area contributed by atoms with Crippen molar-refractivity contribution in [2.75, 3.05) is 30.7 Å². The van der Waals surface area contributed by atoms with Crippen molar-refractivity contribution in [3.63, 3.8) is 0 Å². The highest BCUT2D eigenvalue weighted by Gasteiger charge is 2.24. The lowest BCUT2D eigenvalue weighted by Gasteiger charge is -2.13. The van der Waals surface area contributed by atoms with Gasteiger partial charge < -0.3 is 15.8 Å². The largest absolute Gasteiger partial charge is 0.448 e. The number of nitrogen functional groups attached to an aromatic ring is 1. The maximum atomic E-state index is 11.7. The minimum Gasteiger partial charge on any atom is -0.448 e. The van der Waals surface area contributed by atoms with Crippen LogP contribution in [0.25, 0.3) is 0 Å². The van der Waals surface area contributed by atoms with Gasteiger partial charge in [0.1, 0.15) is 13.2 Å². The van der Waals surface area contributed by atoms with Crippen LogP contribution >= 0.6 is 0 Å². The molecular formula is C12H15N3O3. The zero-order valence-electron chi connectivity index (χ0n) is 10.1. The number of cyclic esters (lactones) is 1. The molecule has 0 unspecified atom stereocenters. The average Bonchev–Trinajstić information content (AvgIpc) is 2.69. The molecule has 0 saturated carbocycles. The summed E-state index contributed by atoms with van der Waals surface area (Å²) in [6, 6.07) is 5.38. The molecule has 1 heterocycles. The number of carbonyl (C=O) groups is 2. The van der Waals surface area contributed by atoms with Gasteiger partial charge in [0.05, 0.1) is 17.9 Å². The first-order valence-electron chi connectivity index (χ1n) is 5.64. The van der Waals surface area contributed by atoms with Gasteiger partial charge in [-0.3, -0.25) is 9.69 Å². The van der Waals surface area contributed by atoms with Crippen molar-refractivity contribution in [2.24, 2.45) is 0 Å². The lowest BCUT2D eigenvalue weighted by molar-refractivity contribution is -0.116. The third-order valence-corrected chi connectivity index (χ3v) is 2.66. The molecule has 1 aliphatic heterocycles. The smallest absolute Gasteiger partial charge is 0.410 e. The average molecular weight is 249 g/mol. The molecule has 1 aromatic rings. The maximum Gasteiger partial charge on any atom is 0.410 e. The lowest BCUT2D eigenvalue weighted by atomic mass is 10.2. The number of nitrogens with one attached hydrogen (secondary N) is 1. The number of carbonyl (C=O) groups excluding carboxylic acids is 2. The standard InChI is InChI=1S/C12H15N3O3/c1-8-2-3-10(9(13)6-8)14-11(16)7-15-4-5-18-12(15)17/h2-3,6H,4-5,7,13H2,1H3,(H,14,16). The van der Waals surface area contributed by atoms with Crippen LogP contribution in [-0.4, -0.2) is 36.6 Å². The number of nitrogens with zero attached hydrogens (tertiary/aromatic N) is 1. The quantitative estimate of drug-likeness (QED) is 0.782. The van der Waals surface area contributed by atoms with Crippen molar-refractivity contribution < 1.29 is 14.3 Å². The minimum absolute atomic E-state index is 0.0217. The fourth-order valence-corrected chi connectivity index (χ4v) is 1.73. The molecule has 1 aromatic carbocycles. The van der Waals surface area contributed by atoms with Crippen LogP contribution in [0, 0.1) is 6.92 Å². The molecule has 0 spiro atoms. The van der Waals surface area contributed by atoms with Crippen LogP contribution in [0.2, 0.25) is 0 Å². The van der Waals surface area contributed by atoms with Crippen molar-refractivity contribution in [3.8, 4) is 0 Å². The Hall–Kier alpha value is -2.24. The van der Waals surface area contributed by atoms with Crippen molar-refractivity contribution in [3.05, 3.63) is 23.8 Å². The summed E-state index contributed by atoms with van der Waals surface area (Å²) in [5.41, 5.74) is 7.87. The van der Waals surface area contributed by atoms with E-state index in [0.717, 1.165) is 5.56 Å². The van der Waals surface area contributed by atoms with Crippen molar-refractivity contribution >= 4 is 23.4 Å². The summed E-state index contributed by atoms with van der Waals surface area (Å²) < 4.78 is 4.74. The summed E-state index contributed by atoms with van der Waals surface area (Å²) in [7, 11) is 0. The highest BCUT2D eigenvalue weighted by molar-refractivity contribution is 5.96. The fraction of sp³-hybridized carbons (Fsp3) is 0.333. The van der Waals surface area contributed by atoms with Gasteiger partial charge in [-0.25, -0.2) is 4.79 Å². The Bertz CT molecular complexity index is 487. The molecule has 0 bridgehead atoms. The molecule has 0 radical (unpaired) electrons. The molecule has 2 amide bonds. The van der Waals surface area contributed by atoms with Crippen LogP contribution in [0.4, 0.5) is 16.2 Å². The molecule has 3 N–H and O–H groups in total. The zero-order chi connectivity index (χ0) is 13.1. The van der Waals surface area contributed by atoms with E-state index in [0.29, 0.717) is 24.5 Å². The van der Waals surface area contributed by atoms with Gasteiger partial charge in [0, 0.05) is 0 Å². The third-order valence-electron chi connectivity index (χ3n) is 2.66. The predicted octanol–water partition coefficient (Wildman–Crippen LogP) is 0.968. The summed E-state index contributed by atoms with van der Waals surface area (Å²) in [5.74, 6) is -0.288. The van der Waals surface area contributed by atoms with Crippen LogP contribution in [0.5, 0.6) is 0 Å². The summed E-state index contributed by atoms with van der Waals surface area (Å²) in [6.07, 6.45) is -0.456. The summed E-state index contributed by atoms with van der Waals surface area (Å²) in [6.45, 7) is 2.67. The van der Waals surface area contributed by atoms with Gasteiger partial charge in [0.25, 0.3) is 0 Å². The SMILES string of the molecule is Cc1ccc(NC(=O)CN2CCOC2=O)c(N)c1. The normalized spacial score (nSPS) is 14.5. The van der Waals surface area contributed by atoms with Gasteiger partial charge in [-0.05, 0) is 24.6 Å². The molecule has 0 aromatic heterocycles. The van der Waals surface area contributed by atoms with E-state index in [4.69, 9.17) is 10.5 Å². The maximum absolute atomic E-state index is 11.7. The molecule has 96 valence electrons. The van der Waals surface area contributed by atoms with Crippen molar-refractivity contribution in [1.29, 1.82) is 0 Å². The summed E-state index contributed by atoms with van der Waals surface area (Å²) in [5, 5.41) is 2.67. The number of aryl methyl sites for hydroxylation is 1. The second-order valence-electron chi connectivity index (χ2n) is 4.17. The van der Waals surface area contributed by atoms with Gasteiger partial charge >= 0.3 is 6.09 Å². The Morgan fingerprint density at radius 3 is 2.94 bits per heavy atom. The Kier molecular flexibility index (Phi) is 3.36. The van der Waals surface area contributed by atoms with E-state index in [1.807, 2.05) is 13.0 Å². The van der Waals surface area contributed by atoms with Crippen LogP contribution in [-0.2, 0) is 9.53 Å². The van der Waals surface area contributed by atoms with Crippen LogP contribution in [0.15, 0.2) is 18.2 Å². The van der Waals surface area contributed by atoms with E-state index >= 15 is 0 Å². The topological polar surface area (TPSA) is 84.7 Å². The highest BCUT2D eigenvalue weighted by Crippen LogP contribution is 2.19. The molecule has 1 fully saturated rings. The van der Waals surface area contributed by atoms with E-state index < -0.39 is 6.09 Å². The highest BCUT2D eigenvalue weighted by atomic mass is 16.6.